The van der Waals surface area contributed by atoms with E-state index in [9.17, 15) is 23.2 Å². The van der Waals surface area contributed by atoms with Crippen LogP contribution in [0.4, 0.5) is 13.6 Å². The first-order valence-corrected chi connectivity index (χ1v) is 11.2. The number of carbonyl (C=O) groups excluding carboxylic acids is 3. The zero-order valence-corrected chi connectivity index (χ0v) is 21.5. The average Bonchev–Trinajstić information content (AvgIpc) is 3.53. The van der Waals surface area contributed by atoms with Gasteiger partial charge < -0.3 is 26.4 Å². The van der Waals surface area contributed by atoms with E-state index in [1.165, 1.54) is 48.2 Å². The van der Waals surface area contributed by atoms with Gasteiger partial charge in [-0.3, -0.25) is 19.0 Å². The van der Waals surface area contributed by atoms with E-state index < -0.39 is 11.7 Å². The lowest BCUT2D eigenvalue weighted by Gasteiger charge is -2.20. The molecular formula is C23H34F2N8O4. The second-order valence-corrected chi connectivity index (χ2v) is 8.61. The predicted octanol–water partition coefficient (Wildman–Crippen LogP) is 1.68. The summed E-state index contributed by atoms with van der Waals surface area (Å²) in [6, 6.07) is 0. The zero-order chi connectivity index (χ0) is 28.0. The van der Waals surface area contributed by atoms with Crippen molar-refractivity contribution in [1.29, 1.82) is 0 Å². The third kappa shape index (κ3) is 11.5. The molecule has 0 aliphatic carbocycles. The molecule has 12 nitrogen and oxygen atoms in total. The van der Waals surface area contributed by atoms with Gasteiger partial charge in [0, 0.05) is 39.6 Å². The number of hydrogen-bond acceptors (Lipinski definition) is 7. The fourth-order valence-corrected chi connectivity index (χ4v) is 2.61. The molecule has 0 radical (unpaired) electrons. The molecule has 0 fully saturated rings. The molecular weight excluding hydrogens is 490 g/mol. The molecule has 0 aromatic carbocycles. The van der Waals surface area contributed by atoms with Crippen molar-refractivity contribution in [1.82, 2.24) is 35.5 Å². The van der Waals surface area contributed by atoms with Crippen molar-refractivity contribution in [2.24, 2.45) is 5.73 Å². The Balaban J connectivity index is 0.000000397. The number of hydrogen-bond donors (Lipinski definition) is 4. The third-order valence-corrected chi connectivity index (χ3v) is 4.40. The molecule has 2 aromatic rings. The minimum Gasteiger partial charge on any atom is -0.444 e. The first kappa shape index (κ1) is 31.0. The van der Waals surface area contributed by atoms with E-state index in [0.29, 0.717) is 29.4 Å². The van der Waals surface area contributed by atoms with Crippen LogP contribution in [0.5, 0.6) is 0 Å². The summed E-state index contributed by atoms with van der Waals surface area (Å²) in [7, 11) is 3.05. The van der Waals surface area contributed by atoms with Gasteiger partial charge in [-0.1, -0.05) is 0 Å². The summed E-state index contributed by atoms with van der Waals surface area (Å²) in [5, 5.41) is 15.3. The van der Waals surface area contributed by atoms with E-state index in [-0.39, 0.29) is 43.6 Å². The van der Waals surface area contributed by atoms with Crippen molar-refractivity contribution in [2.75, 3.05) is 27.2 Å². The normalized spacial score (nSPS) is 11.8. The Morgan fingerprint density at radius 2 is 1.41 bits per heavy atom. The summed E-state index contributed by atoms with van der Waals surface area (Å²) in [5.41, 5.74) is 6.20. The third-order valence-electron chi connectivity index (χ3n) is 4.40. The Morgan fingerprint density at radius 3 is 1.78 bits per heavy atom. The van der Waals surface area contributed by atoms with Gasteiger partial charge >= 0.3 is 6.09 Å². The molecule has 2 rings (SSSR count). The van der Waals surface area contributed by atoms with Crippen LogP contribution in [0.25, 0.3) is 0 Å². The minimum absolute atomic E-state index is 0.0133. The Kier molecular flexibility index (Phi) is 12.7. The van der Waals surface area contributed by atoms with Crippen molar-refractivity contribution in [3.05, 3.63) is 59.7 Å². The number of rotatable bonds is 9. The molecule has 0 spiro atoms. The van der Waals surface area contributed by atoms with Gasteiger partial charge in [0.2, 0.25) is 0 Å². The summed E-state index contributed by atoms with van der Waals surface area (Å²) in [5.74, 6) is -0.497. The molecule has 0 bridgehead atoms. The number of alkyl carbamates (subject to hydrolysis) is 1. The molecule has 0 saturated heterocycles. The summed E-state index contributed by atoms with van der Waals surface area (Å²) in [6.45, 7) is 5.70. The molecule has 37 heavy (non-hydrogen) atoms. The number of nitrogens with zero attached hydrogens (tertiary/aromatic N) is 4. The van der Waals surface area contributed by atoms with Gasteiger partial charge in [0.1, 0.15) is 5.60 Å². The molecule has 204 valence electrons. The van der Waals surface area contributed by atoms with Crippen LogP contribution in [-0.4, -0.2) is 70.3 Å². The first-order chi connectivity index (χ1) is 17.5. The van der Waals surface area contributed by atoms with Crippen LogP contribution in [0.15, 0.2) is 48.6 Å². The lowest BCUT2D eigenvalue weighted by atomic mass is 10.2. The highest BCUT2D eigenvalue weighted by Gasteiger charge is 2.16. The number of nitrogens with one attached hydrogen (secondary N) is 3. The number of amides is 3. The summed E-state index contributed by atoms with van der Waals surface area (Å²) in [4.78, 5) is 34.1. The molecule has 0 atom stereocenters. The van der Waals surface area contributed by atoms with Crippen molar-refractivity contribution in [3.63, 3.8) is 0 Å². The van der Waals surface area contributed by atoms with Crippen LogP contribution in [0.3, 0.4) is 0 Å². The van der Waals surface area contributed by atoms with Crippen LogP contribution < -0.4 is 21.7 Å². The van der Waals surface area contributed by atoms with Crippen LogP contribution >= 0.6 is 0 Å². The average molecular weight is 525 g/mol. The number of carbonyl (C=O) groups is 3. The van der Waals surface area contributed by atoms with E-state index in [0.717, 1.165) is 0 Å². The van der Waals surface area contributed by atoms with E-state index in [1.54, 1.807) is 20.8 Å². The largest absolute Gasteiger partial charge is 0.444 e. The highest BCUT2D eigenvalue weighted by molar-refractivity contribution is 5.93. The number of halogens is 2. The Morgan fingerprint density at radius 1 is 0.946 bits per heavy atom. The van der Waals surface area contributed by atoms with Crippen molar-refractivity contribution < 1.29 is 27.9 Å². The second kappa shape index (κ2) is 15.1. The Labute approximate surface area is 213 Å². The minimum atomic E-state index is -0.627. The maximum Gasteiger partial charge on any atom is 0.407 e. The molecule has 2 aromatic heterocycles. The highest BCUT2D eigenvalue weighted by atomic mass is 19.1. The molecule has 2 heterocycles. The Bertz CT molecular complexity index is 1100. The highest BCUT2D eigenvalue weighted by Crippen LogP contribution is 2.07. The monoisotopic (exact) mass is 524 g/mol. The maximum absolute atomic E-state index is 12.9. The van der Waals surface area contributed by atoms with Crippen LogP contribution in [0, 0.1) is 0 Å². The Hall–Kier alpha value is -4.07. The van der Waals surface area contributed by atoms with Crippen molar-refractivity contribution >= 4 is 17.9 Å². The number of aromatic nitrogens is 4. The number of nitrogens with two attached hydrogens (primary N) is 1. The number of ether oxygens (including phenoxy) is 1. The lowest BCUT2D eigenvalue weighted by Crippen LogP contribution is -2.34. The van der Waals surface area contributed by atoms with E-state index in [1.807, 2.05) is 0 Å². The molecule has 0 aliphatic rings. The smallest absolute Gasteiger partial charge is 0.407 e. The van der Waals surface area contributed by atoms with Gasteiger partial charge in [-0.15, -0.1) is 0 Å². The van der Waals surface area contributed by atoms with Crippen LogP contribution in [-0.2, 0) is 17.8 Å². The summed E-state index contributed by atoms with van der Waals surface area (Å²) < 4.78 is 33.0. The fraction of sp³-hybridized carbons (Fsp3) is 0.435. The standard InChI is InChI=1S/C14H21FN4O3.C9H13FN4O/c1-14(2,3)22-13(21)17-6-10(5-15)8-19-9-11(7-18-19)12(20)16-4;1-12-9(15)8-4-13-14(6-8)5-7(2-10)3-11/h5,7,9H,6,8H2,1-4H3,(H,16,20)(H,17,21);2,4,6H,3,5,11H2,1H3,(H,12,15)/b10-5+;7-2+. The first-order valence-electron chi connectivity index (χ1n) is 11.2. The second-order valence-electron chi connectivity index (χ2n) is 8.61. The van der Waals surface area contributed by atoms with Gasteiger partial charge in [-0.2, -0.15) is 10.2 Å². The van der Waals surface area contributed by atoms with E-state index >= 15 is 0 Å². The zero-order valence-electron chi connectivity index (χ0n) is 21.5. The SMILES string of the molecule is CNC(=O)c1cnn(C/C(=C/F)CN)c1.CNC(=O)c1cnn(C/C(=C/F)CNC(=O)OC(C)(C)C)c1. The van der Waals surface area contributed by atoms with Gasteiger partial charge in [0.25, 0.3) is 11.8 Å². The van der Waals surface area contributed by atoms with Gasteiger partial charge in [0.05, 0.1) is 49.3 Å². The lowest BCUT2D eigenvalue weighted by molar-refractivity contribution is 0.0531. The van der Waals surface area contributed by atoms with Crippen LogP contribution in [0.2, 0.25) is 0 Å². The molecule has 0 aliphatic heterocycles. The van der Waals surface area contributed by atoms with Gasteiger partial charge in [-0.05, 0) is 31.9 Å². The summed E-state index contributed by atoms with van der Waals surface area (Å²) in [6.07, 6.45) is 6.08. The van der Waals surface area contributed by atoms with E-state index in [2.05, 4.69) is 26.1 Å². The van der Waals surface area contributed by atoms with Crippen molar-refractivity contribution in [2.45, 2.75) is 39.5 Å². The predicted molar refractivity (Wildman–Crippen MR) is 133 cm³/mol. The van der Waals surface area contributed by atoms with Gasteiger partial charge in [-0.25, -0.2) is 13.6 Å². The maximum atomic E-state index is 12.9. The van der Waals surface area contributed by atoms with Crippen LogP contribution in [0.1, 0.15) is 41.5 Å². The molecule has 3 amide bonds. The molecule has 0 saturated carbocycles. The quantitative estimate of drug-likeness (QED) is 0.388. The van der Waals surface area contributed by atoms with Gasteiger partial charge in [0.15, 0.2) is 0 Å². The molecule has 5 N–H and O–H groups in total. The fourth-order valence-electron chi connectivity index (χ4n) is 2.61. The molecule has 14 heteroatoms. The van der Waals surface area contributed by atoms with E-state index in [4.69, 9.17) is 10.5 Å². The van der Waals surface area contributed by atoms with Crippen molar-refractivity contribution in [3.8, 4) is 0 Å². The topological polar surface area (TPSA) is 158 Å². The molecule has 0 unspecified atom stereocenters. The summed E-state index contributed by atoms with van der Waals surface area (Å²) >= 11 is 0.